The quantitative estimate of drug-likeness (QED) is 0.439. The molecule has 2 amide bonds. The van der Waals surface area contributed by atoms with Crippen LogP contribution in [0.15, 0.2) is 41.3 Å². The molecule has 5 rings (SSSR count). The molecule has 1 saturated heterocycles. The lowest BCUT2D eigenvalue weighted by Gasteiger charge is -2.39. The molecule has 7 nitrogen and oxygen atoms in total. The summed E-state index contributed by atoms with van der Waals surface area (Å²) in [5.41, 5.74) is 4.07. The number of carbonyl (C=O) groups excluding carboxylic acids is 2. The summed E-state index contributed by atoms with van der Waals surface area (Å²) in [7, 11) is -3.69. The number of fused-ring (bicyclic) bond motifs is 1. The number of hydrogen-bond donors (Lipinski definition) is 2. The van der Waals surface area contributed by atoms with Crippen LogP contribution in [0.4, 0.5) is 23.2 Å². The maximum atomic E-state index is 15.4. The maximum absolute atomic E-state index is 15.4. The van der Waals surface area contributed by atoms with Gasteiger partial charge in [-0.3, -0.25) is 9.59 Å². The van der Waals surface area contributed by atoms with Gasteiger partial charge >= 0.3 is 6.18 Å². The van der Waals surface area contributed by atoms with Crippen molar-refractivity contribution in [1.82, 2.24) is 4.90 Å². The minimum Gasteiger partial charge on any atom is -0.382 e. The third-order valence-electron chi connectivity index (χ3n) is 8.32. The highest BCUT2D eigenvalue weighted by atomic mass is 32.2. The van der Waals surface area contributed by atoms with Crippen LogP contribution in [0.3, 0.4) is 0 Å². The largest absolute Gasteiger partial charge is 0.416 e. The van der Waals surface area contributed by atoms with Crippen LogP contribution < -0.4 is 11.1 Å². The predicted molar refractivity (Wildman–Crippen MR) is 140 cm³/mol. The Morgan fingerprint density at radius 3 is 2.33 bits per heavy atom. The van der Waals surface area contributed by atoms with Crippen LogP contribution in [-0.2, 0) is 20.8 Å². The van der Waals surface area contributed by atoms with E-state index in [1.165, 1.54) is 23.1 Å². The second kappa shape index (κ2) is 9.46. The van der Waals surface area contributed by atoms with Crippen LogP contribution in [0.5, 0.6) is 0 Å². The van der Waals surface area contributed by atoms with Crippen LogP contribution in [0.1, 0.15) is 66.9 Å². The standard InChI is InChI=1S/C28H31F4N3O4S/c1-14(2)34-22-9-7-18(40(3,38)39)12-20(22)26(37)35-23(25(33)36)11-17-13-27(17,35)24(15-4-5-15)19-8-6-16(10-21(19)29)28(30,31)32/h6-10,12,14-15,17,23-24,34H,4-5,11,13H2,1-3H3,(H2,33,36)/t17?,23?,24-,27?/m1/s1. The fourth-order valence-corrected chi connectivity index (χ4v) is 7.15. The number of anilines is 1. The highest BCUT2D eigenvalue weighted by Gasteiger charge is 2.73. The van der Waals surface area contributed by atoms with E-state index in [-0.39, 0.29) is 40.3 Å². The second-order valence-electron chi connectivity index (χ2n) is 11.5. The number of nitrogens with two attached hydrogens (primary N) is 1. The molecular weight excluding hydrogens is 550 g/mol. The number of benzene rings is 2. The Balaban J connectivity index is 1.64. The van der Waals surface area contributed by atoms with Gasteiger partial charge in [0.15, 0.2) is 9.84 Å². The van der Waals surface area contributed by atoms with Gasteiger partial charge < -0.3 is 16.0 Å². The monoisotopic (exact) mass is 581 g/mol. The van der Waals surface area contributed by atoms with E-state index >= 15 is 4.39 Å². The normalized spacial score (nSPS) is 25.1. The molecule has 1 aliphatic heterocycles. The van der Waals surface area contributed by atoms with Crippen molar-refractivity contribution in [2.24, 2.45) is 17.6 Å². The molecular formula is C28H31F4N3O4S. The topological polar surface area (TPSA) is 110 Å². The first-order valence-electron chi connectivity index (χ1n) is 13.2. The lowest BCUT2D eigenvalue weighted by molar-refractivity contribution is -0.137. The van der Waals surface area contributed by atoms with Gasteiger partial charge in [-0.15, -0.1) is 0 Å². The second-order valence-corrected chi connectivity index (χ2v) is 13.6. The van der Waals surface area contributed by atoms with E-state index in [4.69, 9.17) is 5.73 Å². The fraction of sp³-hybridized carbons (Fsp3) is 0.500. The van der Waals surface area contributed by atoms with Crippen molar-refractivity contribution in [3.8, 4) is 0 Å². The van der Waals surface area contributed by atoms with Crippen molar-refractivity contribution < 1.29 is 35.6 Å². The molecule has 0 aromatic heterocycles. The number of amides is 2. The number of rotatable bonds is 8. The van der Waals surface area contributed by atoms with Crippen LogP contribution in [-0.4, -0.2) is 49.0 Å². The van der Waals surface area contributed by atoms with Crippen molar-refractivity contribution in [3.63, 3.8) is 0 Å². The summed E-state index contributed by atoms with van der Waals surface area (Å²) in [5, 5.41) is 3.14. The Hall–Kier alpha value is -3.15. The van der Waals surface area contributed by atoms with Gasteiger partial charge in [0.2, 0.25) is 5.91 Å². The number of nitrogens with one attached hydrogen (secondary N) is 1. The van der Waals surface area contributed by atoms with Crippen LogP contribution in [0, 0.1) is 17.7 Å². The van der Waals surface area contributed by atoms with Gasteiger partial charge in [-0.2, -0.15) is 13.2 Å². The zero-order valence-corrected chi connectivity index (χ0v) is 23.1. The summed E-state index contributed by atoms with van der Waals surface area (Å²) in [6.45, 7) is 3.69. The Labute approximate surface area is 230 Å². The summed E-state index contributed by atoms with van der Waals surface area (Å²) in [4.78, 5) is 28.3. The summed E-state index contributed by atoms with van der Waals surface area (Å²) in [5.74, 6) is -3.33. The van der Waals surface area contributed by atoms with E-state index in [0.29, 0.717) is 31.0 Å². The molecule has 3 fully saturated rings. The highest BCUT2D eigenvalue weighted by Crippen LogP contribution is 2.69. The molecule has 40 heavy (non-hydrogen) atoms. The molecule has 4 atom stereocenters. The number of sulfone groups is 1. The van der Waals surface area contributed by atoms with Gasteiger partial charge in [0.1, 0.15) is 11.9 Å². The first-order chi connectivity index (χ1) is 18.6. The first-order valence-corrected chi connectivity index (χ1v) is 15.0. The van der Waals surface area contributed by atoms with Crippen molar-refractivity contribution in [3.05, 3.63) is 58.9 Å². The molecule has 0 radical (unpaired) electrons. The van der Waals surface area contributed by atoms with Gasteiger partial charge in [0.05, 0.1) is 21.6 Å². The van der Waals surface area contributed by atoms with Crippen LogP contribution >= 0.6 is 0 Å². The van der Waals surface area contributed by atoms with E-state index < -0.39 is 56.7 Å². The maximum Gasteiger partial charge on any atom is 0.416 e. The van der Waals surface area contributed by atoms with E-state index in [1.807, 2.05) is 13.8 Å². The summed E-state index contributed by atoms with van der Waals surface area (Å²) >= 11 is 0. The molecule has 12 heteroatoms. The molecule has 0 spiro atoms. The Bertz CT molecular complexity index is 1490. The Morgan fingerprint density at radius 1 is 1.12 bits per heavy atom. The smallest absolute Gasteiger partial charge is 0.382 e. The van der Waals surface area contributed by atoms with Crippen LogP contribution in [0.25, 0.3) is 0 Å². The minimum absolute atomic E-state index is 0.0252. The molecule has 3 N–H and O–H groups in total. The van der Waals surface area contributed by atoms with Gasteiger partial charge in [-0.05, 0) is 87.3 Å². The molecule has 1 heterocycles. The Kier molecular flexibility index (Phi) is 6.71. The van der Waals surface area contributed by atoms with Crippen molar-refractivity contribution in [1.29, 1.82) is 0 Å². The molecule has 3 aliphatic rings. The third-order valence-corrected chi connectivity index (χ3v) is 9.43. The number of alkyl halides is 3. The van der Waals surface area contributed by atoms with E-state index in [2.05, 4.69) is 5.32 Å². The van der Waals surface area contributed by atoms with Crippen molar-refractivity contribution in [2.45, 2.75) is 74.1 Å². The molecule has 216 valence electrons. The van der Waals surface area contributed by atoms with Gasteiger partial charge in [0, 0.05) is 23.9 Å². The number of nitrogens with zero attached hydrogens (tertiary/aromatic N) is 1. The Morgan fingerprint density at radius 2 is 1.80 bits per heavy atom. The molecule has 2 aromatic carbocycles. The molecule has 2 aliphatic carbocycles. The average molecular weight is 582 g/mol. The highest BCUT2D eigenvalue weighted by molar-refractivity contribution is 7.90. The van der Waals surface area contributed by atoms with Gasteiger partial charge in [-0.25, -0.2) is 12.8 Å². The summed E-state index contributed by atoms with van der Waals surface area (Å²) in [6, 6.07) is 5.44. The lowest BCUT2D eigenvalue weighted by Crippen LogP contribution is -2.53. The number of halogens is 4. The SMILES string of the molecule is CC(C)Nc1ccc(S(C)(=O)=O)cc1C(=O)N1C(C(N)=O)CC2CC21[C@@H](c1ccc(C(F)(F)F)cc1F)C1CC1. The first kappa shape index (κ1) is 28.4. The van der Waals surface area contributed by atoms with Gasteiger partial charge in [0.25, 0.3) is 5.91 Å². The van der Waals surface area contributed by atoms with Crippen molar-refractivity contribution in [2.75, 3.05) is 11.6 Å². The van der Waals surface area contributed by atoms with Gasteiger partial charge in [-0.1, -0.05) is 6.07 Å². The number of piperidine rings is 1. The number of primary amides is 1. The number of likely N-dealkylation sites (tertiary alicyclic amines) is 1. The average Bonchev–Trinajstić information content (AvgIpc) is 3.76. The van der Waals surface area contributed by atoms with E-state index in [9.17, 15) is 31.2 Å². The third kappa shape index (κ3) is 4.84. The lowest BCUT2D eigenvalue weighted by atomic mass is 9.82. The van der Waals surface area contributed by atoms with E-state index in [0.717, 1.165) is 18.4 Å². The van der Waals surface area contributed by atoms with E-state index in [1.54, 1.807) is 0 Å². The summed E-state index contributed by atoms with van der Waals surface area (Å²) in [6.07, 6.45) is -1.62. The molecule has 2 aromatic rings. The molecule has 3 unspecified atom stereocenters. The molecule has 2 saturated carbocycles. The minimum atomic E-state index is -4.72. The summed E-state index contributed by atoms with van der Waals surface area (Å²) < 4.78 is 79.9. The number of carbonyl (C=O) groups is 2. The fourth-order valence-electron chi connectivity index (χ4n) is 6.50. The zero-order valence-electron chi connectivity index (χ0n) is 22.3. The predicted octanol–water partition coefficient (Wildman–Crippen LogP) is 4.72. The molecule has 0 bridgehead atoms. The van der Waals surface area contributed by atoms with Crippen molar-refractivity contribution >= 4 is 27.3 Å². The number of hydrogen-bond acceptors (Lipinski definition) is 5. The van der Waals surface area contributed by atoms with Crippen LogP contribution in [0.2, 0.25) is 0 Å². The zero-order chi connectivity index (χ0) is 29.4.